The molecule has 1 aromatic heterocycles. The molecule has 0 spiro atoms. The van der Waals surface area contributed by atoms with Gasteiger partial charge >= 0.3 is 0 Å². The van der Waals surface area contributed by atoms with Crippen molar-refractivity contribution < 1.29 is 5.11 Å². The third-order valence-electron chi connectivity index (χ3n) is 4.02. The Bertz CT molecular complexity index is 560. The first-order valence-electron chi connectivity index (χ1n) is 6.78. The molecule has 0 bridgehead atoms. The molecule has 2 nitrogen and oxygen atoms in total. The Labute approximate surface area is 108 Å². The minimum atomic E-state index is -0.345. The number of rotatable bonds is 3. The average Bonchev–Trinajstić information content (AvgIpc) is 2.32. The van der Waals surface area contributed by atoms with Crippen LogP contribution >= 0.6 is 0 Å². The number of hydrogen-bond acceptors (Lipinski definition) is 2. The Balaban J connectivity index is 1.98. The van der Waals surface area contributed by atoms with E-state index in [-0.39, 0.29) is 6.10 Å². The summed E-state index contributed by atoms with van der Waals surface area (Å²) in [4.78, 5) is 4.52. The van der Waals surface area contributed by atoms with Crippen molar-refractivity contribution in [1.29, 1.82) is 0 Å². The summed E-state index contributed by atoms with van der Waals surface area (Å²) in [6.45, 7) is 1.99. The van der Waals surface area contributed by atoms with Gasteiger partial charge in [0.2, 0.25) is 0 Å². The Morgan fingerprint density at radius 2 is 2.11 bits per heavy atom. The van der Waals surface area contributed by atoms with Crippen LogP contribution in [0.1, 0.15) is 43.0 Å². The molecule has 1 atom stereocenters. The van der Waals surface area contributed by atoms with Crippen LogP contribution in [0.2, 0.25) is 0 Å². The predicted molar refractivity (Wildman–Crippen MR) is 73.4 cm³/mol. The number of para-hydroxylation sites is 1. The summed E-state index contributed by atoms with van der Waals surface area (Å²) in [6.07, 6.45) is 4.43. The average molecular weight is 241 g/mol. The third kappa shape index (κ3) is 2.13. The standard InChI is InChI=1S/C16H19NO/c1-11-9-14(16(18)10-12-5-4-6-12)13-7-2-3-8-15(13)17-11/h2-3,7-9,12,16,18H,4-6,10H2,1H3. The molecular formula is C16H19NO. The zero-order valence-electron chi connectivity index (χ0n) is 10.8. The first kappa shape index (κ1) is 11.7. The highest BCUT2D eigenvalue weighted by Gasteiger charge is 2.23. The minimum Gasteiger partial charge on any atom is -0.388 e. The first-order valence-corrected chi connectivity index (χ1v) is 6.78. The largest absolute Gasteiger partial charge is 0.388 e. The first-order chi connectivity index (χ1) is 8.74. The van der Waals surface area contributed by atoms with Crippen LogP contribution in [0.4, 0.5) is 0 Å². The number of benzene rings is 1. The van der Waals surface area contributed by atoms with Crippen molar-refractivity contribution in [2.45, 2.75) is 38.7 Å². The molecule has 0 aliphatic heterocycles. The zero-order valence-corrected chi connectivity index (χ0v) is 10.8. The SMILES string of the molecule is Cc1cc(C(O)CC2CCC2)c2ccccc2n1. The number of nitrogens with zero attached hydrogens (tertiary/aromatic N) is 1. The topological polar surface area (TPSA) is 33.1 Å². The summed E-state index contributed by atoms with van der Waals surface area (Å²) < 4.78 is 0. The van der Waals surface area contributed by atoms with Crippen molar-refractivity contribution in [3.8, 4) is 0 Å². The lowest BCUT2D eigenvalue weighted by Crippen LogP contribution is -2.15. The second-order valence-electron chi connectivity index (χ2n) is 5.42. The maximum absolute atomic E-state index is 10.5. The van der Waals surface area contributed by atoms with Gasteiger partial charge in [-0.05, 0) is 37.0 Å². The van der Waals surface area contributed by atoms with Gasteiger partial charge < -0.3 is 5.11 Å². The molecule has 1 saturated carbocycles. The number of fused-ring (bicyclic) bond motifs is 1. The molecule has 0 radical (unpaired) electrons. The summed E-state index contributed by atoms with van der Waals surface area (Å²) in [5.74, 6) is 0.715. The van der Waals surface area contributed by atoms with Crippen LogP contribution in [0.15, 0.2) is 30.3 Å². The highest BCUT2D eigenvalue weighted by molar-refractivity contribution is 5.82. The van der Waals surface area contributed by atoms with Gasteiger partial charge in [-0.3, -0.25) is 4.98 Å². The van der Waals surface area contributed by atoms with Crippen molar-refractivity contribution in [2.75, 3.05) is 0 Å². The van der Waals surface area contributed by atoms with E-state index in [1.807, 2.05) is 31.2 Å². The van der Waals surface area contributed by atoms with Gasteiger partial charge in [-0.1, -0.05) is 37.5 Å². The quantitative estimate of drug-likeness (QED) is 0.887. The van der Waals surface area contributed by atoms with E-state index in [1.54, 1.807) is 0 Å². The van der Waals surface area contributed by atoms with E-state index in [2.05, 4.69) is 11.1 Å². The molecule has 94 valence electrons. The van der Waals surface area contributed by atoms with Crippen molar-refractivity contribution in [2.24, 2.45) is 5.92 Å². The van der Waals surface area contributed by atoms with Crippen molar-refractivity contribution in [1.82, 2.24) is 4.98 Å². The normalized spacial score (nSPS) is 17.7. The second kappa shape index (κ2) is 4.69. The van der Waals surface area contributed by atoms with E-state index < -0.39 is 0 Å². The molecule has 1 heterocycles. The molecule has 1 unspecified atom stereocenters. The van der Waals surface area contributed by atoms with Crippen molar-refractivity contribution >= 4 is 10.9 Å². The molecule has 0 saturated heterocycles. The van der Waals surface area contributed by atoms with Crippen LogP contribution in [-0.4, -0.2) is 10.1 Å². The van der Waals surface area contributed by atoms with E-state index in [9.17, 15) is 5.11 Å². The molecule has 18 heavy (non-hydrogen) atoms. The number of aromatic nitrogens is 1. The lowest BCUT2D eigenvalue weighted by Gasteiger charge is -2.28. The summed E-state index contributed by atoms with van der Waals surface area (Å²) >= 11 is 0. The smallest absolute Gasteiger partial charge is 0.0799 e. The van der Waals surface area contributed by atoms with Crippen LogP contribution in [0.5, 0.6) is 0 Å². The number of pyridine rings is 1. The van der Waals surface area contributed by atoms with Crippen LogP contribution in [0, 0.1) is 12.8 Å². The number of aliphatic hydroxyl groups excluding tert-OH is 1. The highest BCUT2D eigenvalue weighted by Crippen LogP contribution is 2.36. The Morgan fingerprint density at radius 3 is 2.83 bits per heavy atom. The van der Waals surface area contributed by atoms with Gasteiger partial charge in [0.1, 0.15) is 0 Å². The van der Waals surface area contributed by atoms with E-state index in [1.165, 1.54) is 19.3 Å². The summed E-state index contributed by atoms with van der Waals surface area (Å²) in [7, 11) is 0. The molecule has 2 aromatic rings. The van der Waals surface area contributed by atoms with E-state index in [4.69, 9.17) is 0 Å². The van der Waals surface area contributed by atoms with Crippen LogP contribution in [0.3, 0.4) is 0 Å². The molecule has 1 aromatic carbocycles. The van der Waals surface area contributed by atoms with Gasteiger partial charge in [0.25, 0.3) is 0 Å². The van der Waals surface area contributed by atoms with E-state index in [0.29, 0.717) is 5.92 Å². The summed E-state index contributed by atoms with van der Waals surface area (Å²) in [5, 5.41) is 11.5. The Kier molecular flexibility index (Phi) is 3.04. The molecule has 1 N–H and O–H groups in total. The molecular weight excluding hydrogens is 222 g/mol. The zero-order chi connectivity index (χ0) is 12.5. The van der Waals surface area contributed by atoms with Gasteiger partial charge in [0.05, 0.1) is 11.6 Å². The van der Waals surface area contributed by atoms with Gasteiger partial charge in [-0.15, -0.1) is 0 Å². The second-order valence-corrected chi connectivity index (χ2v) is 5.42. The minimum absolute atomic E-state index is 0.345. The van der Waals surface area contributed by atoms with Crippen molar-refractivity contribution in [3.05, 3.63) is 41.6 Å². The lowest BCUT2D eigenvalue weighted by atomic mass is 9.80. The molecule has 1 aliphatic carbocycles. The third-order valence-corrected chi connectivity index (χ3v) is 4.02. The lowest BCUT2D eigenvalue weighted by molar-refractivity contribution is 0.119. The Morgan fingerprint density at radius 1 is 1.33 bits per heavy atom. The maximum atomic E-state index is 10.5. The van der Waals surface area contributed by atoms with Crippen LogP contribution in [0.25, 0.3) is 10.9 Å². The number of aryl methyl sites for hydroxylation is 1. The van der Waals surface area contributed by atoms with Crippen molar-refractivity contribution in [3.63, 3.8) is 0 Å². The molecule has 1 aliphatic rings. The molecule has 0 amide bonds. The predicted octanol–water partition coefficient (Wildman–Crippen LogP) is 3.77. The summed E-state index contributed by atoms with van der Waals surface area (Å²) in [6, 6.07) is 10.1. The fraction of sp³-hybridized carbons (Fsp3) is 0.438. The maximum Gasteiger partial charge on any atom is 0.0799 e. The van der Waals surface area contributed by atoms with Gasteiger partial charge in [-0.2, -0.15) is 0 Å². The van der Waals surface area contributed by atoms with Gasteiger partial charge in [0.15, 0.2) is 0 Å². The Hall–Kier alpha value is -1.41. The fourth-order valence-corrected chi connectivity index (χ4v) is 2.79. The van der Waals surface area contributed by atoms with Crippen LogP contribution < -0.4 is 0 Å². The van der Waals surface area contributed by atoms with Gasteiger partial charge in [-0.25, -0.2) is 0 Å². The molecule has 1 fully saturated rings. The summed E-state index contributed by atoms with van der Waals surface area (Å²) in [5.41, 5.74) is 3.02. The molecule has 3 rings (SSSR count). The molecule has 2 heteroatoms. The number of hydrogen-bond donors (Lipinski definition) is 1. The fourth-order valence-electron chi connectivity index (χ4n) is 2.79. The highest BCUT2D eigenvalue weighted by atomic mass is 16.3. The van der Waals surface area contributed by atoms with E-state index in [0.717, 1.165) is 28.6 Å². The van der Waals surface area contributed by atoms with Gasteiger partial charge in [0, 0.05) is 11.1 Å². The van der Waals surface area contributed by atoms with E-state index >= 15 is 0 Å². The van der Waals surface area contributed by atoms with Crippen LogP contribution in [-0.2, 0) is 0 Å². The number of aliphatic hydroxyl groups is 1. The monoisotopic (exact) mass is 241 g/mol.